The second kappa shape index (κ2) is 5.93. The summed E-state index contributed by atoms with van der Waals surface area (Å²) < 4.78 is 0. The molecule has 1 amide bonds. The van der Waals surface area contributed by atoms with Gasteiger partial charge in [-0.05, 0) is 17.2 Å². The van der Waals surface area contributed by atoms with Crippen LogP contribution in [0.1, 0.15) is 15.2 Å². The first kappa shape index (κ1) is 13.7. The summed E-state index contributed by atoms with van der Waals surface area (Å²) in [6.07, 6.45) is 1.23. The maximum atomic E-state index is 11.6. The zero-order valence-electron chi connectivity index (χ0n) is 9.98. The number of amides is 1. The molecule has 1 aromatic carbocycles. The Bertz CT molecular complexity index is 667. The first-order valence-corrected chi connectivity index (χ1v) is 6.28. The third-order valence-corrected chi connectivity index (χ3v) is 3.17. The Kier molecular flexibility index (Phi) is 4.06. The van der Waals surface area contributed by atoms with E-state index < -0.39 is 16.4 Å². The number of benzene rings is 1. The fourth-order valence-corrected chi connectivity index (χ4v) is 2.00. The molecule has 0 aliphatic heterocycles. The molecule has 0 aliphatic rings. The molecular weight excluding hydrogens is 282 g/mol. The van der Waals surface area contributed by atoms with Crippen LogP contribution in [0.2, 0.25) is 0 Å². The Morgan fingerprint density at radius 2 is 2.20 bits per heavy atom. The molecule has 1 aromatic heterocycles. The largest absolute Gasteiger partial charge is 0.868 e. The van der Waals surface area contributed by atoms with Gasteiger partial charge in [-0.2, -0.15) is 5.10 Å². The van der Waals surface area contributed by atoms with Crippen LogP contribution in [0, 0.1) is 10.1 Å². The summed E-state index contributed by atoms with van der Waals surface area (Å²) in [5.41, 5.74) is 2.11. The third kappa shape index (κ3) is 3.18. The lowest BCUT2D eigenvalue weighted by molar-refractivity contribution is -0.398. The predicted octanol–water partition coefficient (Wildman–Crippen LogP) is 1.49. The average Bonchev–Trinajstić information content (AvgIpc) is 2.94. The second-order valence-corrected chi connectivity index (χ2v) is 4.61. The summed E-state index contributed by atoms with van der Waals surface area (Å²) in [7, 11) is 0. The molecule has 0 saturated heterocycles. The van der Waals surface area contributed by atoms with Crippen LogP contribution in [-0.4, -0.2) is 17.0 Å². The number of thiophene rings is 1. The Hall–Kier alpha value is -2.74. The Morgan fingerprint density at radius 1 is 1.40 bits per heavy atom. The third-order valence-electron chi connectivity index (χ3n) is 2.30. The molecule has 7 nitrogen and oxygen atoms in total. The van der Waals surface area contributed by atoms with E-state index in [0.717, 1.165) is 12.1 Å². The van der Waals surface area contributed by atoms with Crippen LogP contribution >= 0.6 is 11.3 Å². The summed E-state index contributed by atoms with van der Waals surface area (Å²) in [6, 6.07) is 6.95. The summed E-state index contributed by atoms with van der Waals surface area (Å²) in [4.78, 5) is 21.9. The molecule has 0 atom stereocenters. The van der Waals surface area contributed by atoms with Gasteiger partial charge in [-0.1, -0.05) is 18.2 Å². The van der Waals surface area contributed by atoms with E-state index in [4.69, 9.17) is 0 Å². The fraction of sp³-hybridized carbons (Fsp3) is 0. The lowest BCUT2D eigenvalue weighted by Gasteiger charge is -2.05. The van der Waals surface area contributed by atoms with E-state index >= 15 is 0 Å². The molecule has 0 spiro atoms. The molecule has 102 valence electrons. The van der Waals surface area contributed by atoms with Crippen molar-refractivity contribution >= 4 is 29.1 Å². The van der Waals surface area contributed by atoms with E-state index in [1.165, 1.54) is 23.6 Å². The molecule has 0 aliphatic carbocycles. The molecule has 0 bridgehead atoms. The smallest absolute Gasteiger partial charge is 0.281 e. The van der Waals surface area contributed by atoms with Crippen molar-refractivity contribution in [1.82, 2.24) is 5.43 Å². The Labute approximate surface area is 117 Å². The zero-order chi connectivity index (χ0) is 14.5. The molecule has 20 heavy (non-hydrogen) atoms. The minimum absolute atomic E-state index is 0.350. The minimum Gasteiger partial charge on any atom is -0.868 e. The zero-order valence-corrected chi connectivity index (χ0v) is 10.8. The molecule has 2 aromatic rings. The van der Waals surface area contributed by atoms with Gasteiger partial charge in [0.2, 0.25) is 0 Å². The summed E-state index contributed by atoms with van der Waals surface area (Å²) in [5.74, 6) is -1.04. The highest BCUT2D eigenvalue weighted by Crippen LogP contribution is 2.22. The van der Waals surface area contributed by atoms with Crippen molar-refractivity contribution in [3.63, 3.8) is 0 Å². The number of hydrogen-bond acceptors (Lipinski definition) is 6. The highest BCUT2D eigenvalue weighted by Gasteiger charge is 2.07. The molecule has 0 fully saturated rings. The van der Waals surface area contributed by atoms with Crippen LogP contribution < -0.4 is 10.5 Å². The van der Waals surface area contributed by atoms with Crippen LogP contribution in [0.5, 0.6) is 5.75 Å². The van der Waals surface area contributed by atoms with E-state index in [0.29, 0.717) is 10.4 Å². The summed E-state index contributed by atoms with van der Waals surface area (Å²) in [5, 5.41) is 27.2. The molecule has 1 N–H and O–H groups in total. The van der Waals surface area contributed by atoms with Crippen molar-refractivity contribution < 1.29 is 14.8 Å². The van der Waals surface area contributed by atoms with E-state index in [1.54, 1.807) is 17.5 Å². The van der Waals surface area contributed by atoms with Gasteiger partial charge in [-0.15, -0.1) is 11.3 Å². The van der Waals surface area contributed by atoms with Gasteiger partial charge >= 0.3 is 0 Å². The van der Waals surface area contributed by atoms with Crippen molar-refractivity contribution in [2.75, 3.05) is 0 Å². The van der Waals surface area contributed by atoms with E-state index in [1.807, 2.05) is 0 Å². The van der Waals surface area contributed by atoms with Crippen molar-refractivity contribution in [3.05, 3.63) is 56.3 Å². The number of nitro groups is 1. The van der Waals surface area contributed by atoms with Crippen LogP contribution in [0.15, 0.2) is 40.8 Å². The molecule has 0 radical (unpaired) electrons. The number of carbonyl (C=O) groups excluding carboxylic acids is 1. The van der Waals surface area contributed by atoms with Gasteiger partial charge in [0.05, 0.1) is 16.0 Å². The number of rotatable bonds is 4. The monoisotopic (exact) mass is 290 g/mol. The van der Waals surface area contributed by atoms with Crippen LogP contribution in [0.4, 0.5) is 5.69 Å². The molecule has 8 heteroatoms. The quantitative estimate of drug-likeness (QED) is 0.522. The van der Waals surface area contributed by atoms with Gasteiger partial charge in [-0.25, -0.2) is 5.43 Å². The molecular formula is C12H8N3O4S-. The van der Waals surface area contributed by atoms with Crippen LogP contribution in [0.25, 0.3) is 0 Å². The lowest BCUT2D eigenvalue weighted by atomic mass is 10.2. The highest BCUT2D eigenvalue weighted by molar-refractivity contribution is 7.12. The van der Waals surface area contributed by atoms with Crippen molar-refractivity contribution in [2.24, 2.45) is 5.10 Å². The SMILES string of the molecule is O=C(N/N=C\c1ccc([O-])c([N+](=O)[O-])c1)c1cccs1. The van der Waals surface area contributed by atoms with Crippen LogP contribution in [0.3, 0.4) is 0 Å². The number of hydrogen-bond donors (Lipinski definition) is 1. The van der Waals surface area contributed by atoms with E-state index in [9.17, 15) is 20.0 Å². The number of hydrazone groups is 1. The Balaban J connectivity index is 2.07. The second-order valence-electron chi connectivity index (χ2n) is 3.66. The topological polar surface area (TPSA) is 108 Å². The van der Waals surface area contributed by atoms with E-state index in [-0.39, 0.29) is 5.91 Å². The molecule has 2 rings (SSSR count). The van der Waals surface area contributed by atoms with Gasteiger partial charge in [0.25, 0.3) is 11.6 Å². The van der Waals surface area contributed by atoms with Gasteiger partial charge in [-0.3, -0.25) is 14.9 Å². The van der Waals surface area contributed by atoms with Gasteiger partial charge < -0.3 is 5.11 Å². The predicted molar refractivity (Wildman–Crippen MR) is 71.9 cm³/mol. The van der Waals surface area contributed by atoms with Crippen molar-refractivity contribution in [3.8, 4) is 5.75 Å². The van der Waals surface area contributed by atoms with Gasteiger partial charge in [0.1, 0.15) is 0 Å². The standard InChI is InChI=1S/C12H9N3O4S/c16-10-4-3-8(6-9(10)15(18)19)7-13-14-12(17)11-2-1-5-20-11/h1-7,16H,(H,14,17)/p-1/b13-7-. The lowest BCUT2D eigenvalue weighted by Crippen LogP contribution is -2.16. The van der Waals surface area contributed by atoms with Crippen molar-refractivity contribution in [1.29, 1.82) is 0 Å². The van der Waals surface area contributed by atoms with Crippen molar-refractivity contribution in [2.45, 2.75) is 0 Å². The molecule has 0 saturated carbocycles. The Morgan fingerprint density at radius 3 is 2.85 bits per heavy atom. The number of nitrogens with zero attached hydrogens (tertiary/aromatic N) is 2. The molecule has 1 heterocycles. The minimum atomic E-state index is -0.760. The number of carbonyl (C=O) groups is 1. The summed E-state index contributed by atoms with van der Waals surface area (Å²) >= 11 is 1.27. The first-order valence-electron chi connectivity index (χ1n) is 5.40. The van der Waals surface area contributed by atoms with E-state index in [2.05, 4.69) is 10.5 Å². The normalized spacial score (nSPS) is 10.6. The maximum absolute atomic E-state index is 11.6. The maximum Gasteiger partial charge on any atom is 0.281 e. The highest BCUT2D eigenvalue weighted by atomic mass is 32.1. The van der Waals surface area contributed by atoms with Gasteiger partial charge in [0, 0.05) is 11.6 Å². The summed E-state index contributed by atoms with van der Waals surface area (Å²) in [6.45, 7) is 0. The number of nitrogens with one attached hydrogen (secondary N) is 1. The average molecular weight is 290 g/mol. The number of nitro benzene ring substituents is 1. The molecule has 0 unspecified atom stereocenters. The van der Waals surface area contributed by atoms with Gasteiger partial charge in [0.15, 0.2) is 0 Å². The fourth-order valence-electron chi connectivity index (χ4n) is 1.39. The first-order chi connectivity index (χ1) is 9.58. The van der Waals surface area contributed by atoms with Crippen LogP contribution in [-0.2, 0) is 0 Å².